The zero-order chi connectivity index (χ0) is 15.3. The van der Waals surface area contributed by atoms with Crippen LogP contribution in [0.2, 0.25) is 0 Å². The van der Waals surface area contributed by atoms with Gasteiger partial charge in [-0.15, -0.1) is 0 Å². The van der Waals surface area contributed by atoms with Gasteiger partial charge in [-0.2, -0.15) is 5.10 Å². The highest BCUT2D eigenvalue weighted by Crippen LogP contribution is 2.36. The number of hydrogen-bond acceptors (Lipinski definition) is 4. The molecule has 1 atom stereocenters. The SMILES string of the molecule is Cn1ncc2ccc(-c3cncc4c3COCC4(C)O)cc21. The summed E-state index contributed by atoms with van der Waals surface area (Å²) in [5, 5.41) is 15.9. The maximum absolute atomic E-state index is 10.5. The summed E-state index contributed by atoms with van der Waals surface area (Å²) >= 11 is 0. The number of pyridine rings is 1. The molecule has 1 aromatic carbocycles. The number of aliphatic hydroxyl groups is 1. The fourth-order valence-electron chi connectivity index (χ4n) is 3.10. The first-order valence-corrected chi connectivity index (χ1v) is 7.26. The maximum Gasteiger partial charge on any atom is 0.112 e. The lowest BCUT2D eigenvalue weighted by atomic mass is 9.88. The van der Waals surface area contributed by atoms with Gasteiger partial charge in [-0.05, 0) is 24.1 Å². The van der Waals surface area contributed by atoms with Gasteiger partial charge in [0, 0.05) is 36.0 Å². The van der Waals surface area contributed by atoms with Crippen LogP contribution < -0.4 is 0 Å². The van der Waals surface area contributed by atoms with Crippen LogP contribution >= 0.6 is 0 Å². The Morgan fingerprint density at radius 1 is 1.27 bits per heavy atom. The Morgan fingerprint density at radius 2 is 2.14 bits per heavy atom. The fraction of sp³-hybridized carbons (Fsp3) is 0.294. The molecule has 5 nitrogen and oxygen atoms in total. The van der Waals surface area contributed by atoms with E-state index in [0.29, 0.717) is 13.2 Å². The van der Waals surface area contributed by atoms with Crippen LogP contribution in [0.5, 0.6) is 0 Å². The predicted molar refractivity (Wildman–Crippen MR) is 83.2 cm³/mol. The average Bonchev–Trinajstić information content (AvgIpc) is 2.88. The van der Waals surface area contributed by atoms with Crippen LogP contribution in [0.1, 0.15) is 18.1 Å². The third-order valence-electron chi connectivity index (χ3n) is 4.33. The monoisotopic (exact) mass is 295 g/mol. The second kappa shape index (κ2) is 4.63. The van der Waals surface area contributed by atoms with E-state index >= 15 is 0 Å². The Labute approximate surface area is 128 Å². The second-order valence-electron chi connectivity index (χ2n) is 6.02. The van der Waals surface area contributed by atoms with Crippen molar-refractivity contribution in [2.24, 2.45) is 7.05 Å². The molecule has 0 bridgehead atoms. The Bertz CT molecular complexity index is 867. The molecule has 2 aromatic heterocycles. The quantitative estimate of drug-likeness (QED) is 0.749. The number of aryl methyl sites for hydroxylation is 1. The summed E-state index contributed by atoms with van der Waals surface area (Å²) in [5.74, 6) is 0. The van der Waals surface area contributed by atoms with Crippen LogP contribution in [-0.2, 0) is 24.0 Å². The number of hydrogen-bond donors (Lipinski definition) is 1. The second-order valence-corrected chi connectivity index (χ2v) is 6.02. The summed E-state index contributed by atoms with van der Waals surface area (Å²) in [6.45, 7) is 2.55. The van der Waals surface area contributed by atoms with Gasteiger partial charge in [0.15, 0.2) is 0 Å². The van der Waals surface area contributed by atoms with Crippen molar-refractivity contribution in [3.63, 3.8) is 0 Å². The summed E-state index contributed by atoms with van der Waals surface area (Å²) in [7, 11) is 1.93. The molecule has 0 saturated carbocycles. The van der Waals surface area contributed by atoms with Crippen molar-refractivity contribution in [2.45, 2.75) is 19.1 Å². The summed E-state index contributed by atoms with van der Waals surface area (Å²) in [4.78, 5) is 4.32. The van der Waals surface area contributed by atoms with E-state index in [4.69, 9.17) is 4.74 Å². The molecular weight excluding hydrogens is 278 g/mol. The Balaban J connectivity index is 1.93. The molecule has 1 N–H and O–H groups in total. The Hall–Kier alpha value is -2.24. The first kappa shape index (κ1) is 13.4. The van der Waals surface area contributed by atoms with Crippen LogP contribution in [0.3, 0.4) is 0 Å². The number of rotatable bonds is 1. The van der Waals surface area contributed by atoms with Crippen molar-refractivity contribution >= 4 is 10.9 Å². The van der Waals surface area contributed by atoms with Crippen molar-refractivity contribution in [3.05, 3.63) is 47.9 Å². The van der Waals surface area contributed by atoms with E-state index in [1.54, 1.807) is 13.1 Å². The lowest BCUT2D eigenvalue weighted by molar-refractivity contribution is -0.0603. The molecule has 0 spiro atoms. The van der Waals surface area contributed by atoms with Crippen LogP contribution in [0.25, 0.3) is 22.0 Å². The lowest BCUT2D eigenvalue weighted by Gasteiger charge is -2.31. The number of benzene rings is 1. The zero-order valence-electron chi connectivity index (χ0n) is 12.6. The first-order valence-electron chi connectivity index (χ1n) is 7.26. The summed E-state index contributed by atoms with van der Waals surface area (Å²) in [6.07, 6.45) is 5.43. The molecule has 5 heteroatoms. The van der Waals surface area contributed by atoms with Gasteiger partial charge < -0.3 is 9.84 Å². The van der Waals surface area contributed by atoms with Crippen LogP contribution in [0.4, 0.5) is 0 Å². The topological polar surface area (TPSA) is 60.2 Å². The third kappa shape index (κ3) is 1.94. The van der Waals surface area contributed by atoms with Gasteiger partial charge >= 0.3 is 0 Å². The van der Waals surface area contributed by atoms with E-state index in [1.165, 1.54) is 0 Å². The lowest BCUT2D eigenvalue weighted by Crippen LogP contribution is -2.33. The summed E-state index contributed by atoms with van der Waals surface area (Å²) in [5.41, 5.74) is 3.99. The number of ether oxygens (including phenoxy) is 1. The molecule has 3 aromatic rings. The first-order chi connectivity index (χ1) is 10.6. The van der Waals surface area contributed by atoms with Crippen LogP contribution in [-0.4, -0.2) is 26.5 Å². The Kier molecular flexibility index (Phi) is 2.82. The van der Waals surface area contributed by atoms with E-state index in [2.05, 4.69) is 28.3 Å². The van der Waals surface area contributed by atoms with Gasteiger partial charge in [-0.25, -0.2) is 0 Å². The molecule has 4 rings (SSSR count). The minimum absolute atomic E-state index is 0.298. The molecular formula is C17H17N3O2. The molecule has 112 valence electrons. The highest BCUT2D eigenvalue weighted by Gasteiger charge is 2.32. The average molecular weight is 295 g/mol. The fourth-order valence-corrected chi connectivity index (χ4v) is 3.10. The van der Waals surface area contributed by atoms with Crippen molar-refractivity contribution < 1.29 is 9.84 Å². The van der Waals surface area contributed by atoms with Gasteiger partial charge in [0.2, 0.25) is 0 Å². The molecule has 0 amide bonds. The molecule has 0 aliphatic carbocycles. The largest absolute Gasteiger partial charge is 0.383 e. The molecule has 1 aliphatic heterocycles. The highest BCUT2D eigenvalue weighted by atomic mass is 16.5. The van der Waals surface area contributed by atoms with E-state index in [1.807, 2.05) is 24.1 Å². The van der Waals surface area contributed by atoms with Crippen molar-refractivity contribution in [1.82, 2.24) is 14.8 Å². The standard InChI is InChI=1S/C17H17N3O2/c1-17(21)10-22-9-14-13(7-18-8-15(14)17)11-3-4-12-6-19-20(2)16(12)5-11/h3-8,21H,9-10H2,1-2H3. The number of nitrogens with zero attached hydrogens (tertiary/aromatic N) is 3. The Morgan fingerprint density at radius 3 is 3.00 bits per heavy atom. The van der Waals surface area contributed by atoms with Crippen molar-refractivity contribution in [1.29, 1.82) is 0 Å². The van der Waals surface area contributed by atoms with E-state index in [9.17, 15) is 5.11 Å². The van der Waals surface area contributed by atoms with Gasteiger partial charge in [0.05, 0.1) is 24.9 Å². The molecule has 3 heterocycles. The van der Waals surface area contributed by atoms with E-state index in [-0.39, 0.29) is 0 Å². The zero-order valence-corrected chi connectivity index (χ0v) is 12.6. The van der Waals surface area contributed by atoms with Gasteiger partial charge in [0.1, 0.15) is 5.60 Å². The molecule has 1 aliphatic rings. The summed E-state index contributed by atoms with van der Waals surface area (Å²) in [6, 6.07) is 6.21. The van der Waals surface area contributed by atoms with Gasteiger partial charge in [-0.1, -0.05) is 12.1 Å². The normalized spacial score (nSPS) is 21.0. The molecule has 0 fully saturated rings. The molecule has 0 saturated heterocycles. The predicted octanol–water partition coefficient (Wildman–Crippen LogP) is 2.37. The number of aromatic nitrogens is 3. The molecule has 1 unspecified atom stereocenters. The van der Waals surface area contributed by atoms with Gasteiger partial charge in [-0.3, -0.25) is 9.67 Å². The third-order valence-corrected chi connectivity index (χ3v) is 4.33. The van der Waals surface area contributed by atoms with E-state index in [0.717, 1.165) is 33.2 Å². The molecule has 0 radical (unpaired) electrons. The molecule has 22 heavy (non-hydrogen) atoms. The minimum atomic E-state index is -0.993. The van der Waals surface area contributed by atoms with Crippen LogP contribution in [0, 0.1) is 0 Å². The number of fused-ring (bicyclic) bond motifs is 2. The van der Waals surface area contributed by atoms with Gasteiger partial charge in [0.25, 0.3) is 0 Å². The smallest absolute Gasteiger partial charge is 0.112 e. The van der Waals surface area contributed by atoms with Crippen LogP contribution in [0.15, 0.2) is 36.8 Å². The highest BCUT2D eigenvalue weighted by molar-refractivity contribution is 5.85. The van der Waals surface area contributed by atoms with Crippen molar-refractivity contribution in [2.75, 3.05) is 6.61 Å². The van der Waals surface area contributed by atoms with E-state index < -0.39 is 5.60 Å². The minimum Gasteiger partial charge on any atom is -0.383 e. The summed E-state index contributed by atoms with van der Waals surface area (Å²) < 4.78 is 7.43. The maximum atomic E-state index is 10.5. The van der Waals surface area contributed by atoms with Crippen molar-refractivity contribution in [3.8, 4) is 11.1 Å².